The van der Waals surface area contributed by atoms with Gasteiger partial charge in [0.2, 0.25) is 5.91 Å². The molecule has 1 aromatic carbocycles. The van der Waals surface area contributed by atoms with E-state index in [0.29, 0.717) is 6.61 Å². The van der Waals surface area contributed by atoms with Gasteiger partial charge in [0.05, 0.1) is 5.41 Å². The second-order valence-electron chi connectivity index (χ2n) is 7.02. The van der Waals surface area contributed by atoms with Gasteiger partial charge in [0.25, 0.3) is 0 Å². The van der Waals surface area contributed by atoms with Crippen LogP contribution in [0.15, 0.2) is 18.2 Å². The lowest BCUT2D eigenvalue weighted by atomic mass is 9.91. The van der Waals surface area contributed by atoms with Crippen molar-refractivity contribution in [3.05, 3.63) is 29.3 Å². The molecule has 1 aliphatic rings. The number of nitrogens with zero attached hydrogens (tertiary/aromatic N) is 1. The molecular weight excluding hydrogens is 276 g/mol. The number of benzene rings is 1. The predicted molar refractivity (Wildman–Crippen MR) is 89.0 cm³/mol. The van der Waals surface area contributed by atoms with E-state index in [1.165, 1.54) is 0 Å². The quantitative estimate of drug-likeness (QED) is 0.930. The Kier molecular flexibility index (Phi) is 5.12. The van der Waals surface area contributed by atoms with E-state index in [9.17, 15) is 4.79 Å². The van der Waals surface area contributed by atoms with Crippen LogP contribution in [0.3, 0.4) is 0 Å². The van der Waals surface area contributed by atoms with Gasteiger partial charge in [-0.25, -0.2) is 0 Å². The van der Waals surface area contributed by atoms with Gasteiger partial charge in [0.1, 0.15) is 12.4 Å². The monoisotopic (exact) mass is 304 g/mol. The normalized spacial score (nSPS) is 16.7. The Labute approximate surface area is 133 Å². The molecule has 4 heteroatoms. The molecule has 0 atom stereocenters. The molecule has 1 aliphatic heterocycles. The molecule has 2 rings (SSSR count). The maximum absolute atomic E-state index is 12.7. The van der Waals surface area contributed by atoms with Crippen molar-refractivity contribution in [3.63, 3.8) is 0 Å². The largest absolute Gasteiger partial charge is 0.492 e. The first kappa shape index (κ1) is 16.8. The van der Waals surface area contributed by atoms with E-state index < -0.39 is 5.41 Å². The first-order valence-corrected chi connectivity index (χ1v) is 8.05. The van der Waals surface area contributed by atoms with Gasteiger partial charge < -0.3 is 15.4 Å². The average molecular weight is 304 g/mol. The van der Waals surface area contributed by atoms with Crippen molar-refractivity contribution >= 4 is 5.91 Å². The van der Waals surface area contributed by atoms with E-state index in [1.807, 2.05) is 50.8 Å². The van der Waals surface area contributed by atoms with E-state index >= 15 is 0 Å². The third-order valence-corrected chi connectivity index (χ3v) is 4.39. The molecule has 4 nitrogen and oxygen atoms in total. The summed E-state index contributed by atoms with van der Waals surface area (Å²) in [5.74, 6) is 1.05. The summed E-state index contributed by atoms with van der Waals surface area (Å²) in [5.41, 5.74) is 7.59. The van der Waals surface area contributed by atoms with Crippen molar-refractivity contribution in [2.75, 3.05) is 19.7 Å². The molecule has 2 N–H and O–H groups in total. The van der Waals surface area contributed by atoms with E-state index in [4.69, 9.17) is 10.5 Å². The summed E-state index contributed by atoms with van der Waals surface area (Å²) in [6.07, 6.45) is 1.78. The van der Waals surface area contributed by atoms with Crippen molar-refractivity contribution in [1.29, 1.82) is 0 Å². The van der Waals surface area contributed by atoms with Gasteiger partial charge in [-0.2, -0.15) is 0 Å². The van der Waals surface area contributed by atoms with Crippen LogP contribution in [0.2, 0.25) is 0 Å². The molecule has 1 heterocycles. The molecular formula is C18H28N2O2. The summed E-state index contributed by atoms with van der Waals surface area (Å²) < 4.78 is 5.99. The molecule has 1 amide bonds. The van der Waals surface area contributed by atoms with Crippen molar-refractivity contribution in [2.24, 2.45) is 11.1 Å². The van der Waals surface area contributed by atoms with Gasteiger partial charge in [0.15, 0.2) is 0 Å². The van der Waals surface area contributed by atoms with Gasteiger partial charge in [-0.3, -0.25) is 4.79 Å². The van der Waals surface area contributed by atoms with Gasteiger partial charge in [-0.15, -0.1) is 0 Å². The number of para-hydroxylation sites is 1. The van der Waals surface area contributed by atoms with Crippen LogP contribution in [0.4, 0.5) is 0 Å². The number of carbonyl (C=O) groups excluding carboxylic acids is 1. The van der Waals surface area contributed by atoms with Crippen molar-refractivity contribution in [2.45, 2.75) is 46.6 Å². The molecule has 0 aromatic heterocycles. The Balaban J connectivity index is 2.00. The highest BCUT2D eigenvalue weighted by Crippen LogP contribution is 2.27. The standard InChI is InChI=1S/C18H28N2O2/c1-13-6-5-7-14(2)16(13)22-12-18(3,4)17(21)20-10-8-15(19)9-11-20/h5-7,15H,8-12,19H2,1-4H3. The van der Waals surface area contributed by atoms with E-state index in [-0.39, 0.29) is 11.9 Å². The molecule has 122 valence electrons. The fourth-order valence-corrected chi connectivity index (χ4v) is 2.87. The second-order valence-corrected chi connectivity index (χ2v) is 7.02. The molecule has 0 bridgehead atoms. The van der Waals surface area contributed by atoms with Crippen LogP contribution >= 0.6 is 0 Å². The summed E-state index contributed by atoms with van der Waals surface area (Å²) in [6.45, 7) is 9.88. The van der Waals surface area contributed by atoms with Gasteiger partial charge in [-0.05, 0) is 51.7 Å². The lowest BCUT2D eigenvalue weighted by Gasteiger charge is -2.36. The molecule has 0 unspecified atom stereocenters. The zero-order valence-corrected chi connectivity index (χ0v) is 14.2. The molecule has 1 saturated heterocycles. The van der Waals surface area contributed by atoms with Gasteiger partial charge in [0, 0.05) is 19.1 Å². The lowest BCUT2D eigenvalue weighted by molar-refractivity contribution is -0.143. The summed E-state index contributed by atoms with van der Waals surface area (Å²) >= 11 is 0. The number of piperidine rings is 1. The number of aryl methyl sites for hydroxylation is 2. The maximum atomic E-state index is 12.7. The Hall–Kier alpha value is -1.55. The number of rotatable bonds is 4. The van der Waals surface area contributed by atoms with Crippen LogP contribution in [0.1, 0.15) is 37.8 Å². The topological polar surface area (TPSA) is 55.6 Å². The minimum absolute atomic E-state index is 0.158. The summed E-state index contributed by atoms with van der Waals surface area (Å²) in [7, 11) is 0. The number of carbonyl (C=O) groups is 1. The third-order valence-electron chi connectivity index (χ3n) is 4.39. The first-order chi connectivity index (χ1) is 10.3. The van der Waals surface area contributed by atoms with Crippen LogP contribution in [0, 0.1) is 19.3 Å². The maximum Gasteiger partial charge on any atom is 0.231 e. The van der Waals surface area contributed by atoms with Crippen LogP contribution in [0.5, 0.6) is 5.75 Å². The summed E-state index contributed by atoms with van der Waals surface area (Å²) in [4.78, 5) is 14.7. The van der Waals surface area contributed by atoms with Crippen LogP contribution in [0.25, 0.3) is 0 Å². The lowest BCUT2D eigenvalue weighted by Crippen LogP contribution is -2.49. The Morgan fingerprint density at radius 1 is 1.27 bits per heavy atom. The number of hydrogen-bond acceptors (Lipinski definition) is 3. The van der Waals surface area contributed by atoms with Crippen LogP contribution in [-0.4, -0.2) is 36.5 Å². The number of amides is 1. The number of ether oxygens (including phenoxy) is 1. The highest BCUT2D eigenvalue weighted by Gasteiger charge is 2.34. The average Bonchev–Trinajstić information content (AvgIpc) is 2.46. The smallest absolute Gasteiger partial charge is 0.231 e. The summed E-state index contributed by atoms with van der Waals surface area (Å²) in [6, 6.07) is 6.31. The number of hydrogen-bond donors (Lipinski definition) is 1. The molecule has 1 aromatic rings. The Morgan fingerprint density at radius 3 is 2.36 bits per heavy atom. The highest BCUT2D eigenvalue weighted by atomic mass is 16.5. The minimum Gasteiger partial charge on any atom is -0.492 e. The van der Waals surface area contributed by atoms with Gasteiger partial charge >= 0.3 is 0 Å². The molecule has 0 aliphatic carbocycles. The van der Waals surface area contributed by atoms with Crippen molar-refractivity contribution in [3.8, 4) is 5.75 Å². The molecule has 0 radical (unpaired) electrons. The first-order valence-electron chi connectivity index (χ1n) is 8.05. The fraction of sp³-hybridized carbons (Fsp3) is 0.611. The molecule has 1 fully saturated rings. The fourth-order valence-electron chi connectivity index (χ4n) is 2.87. The third kappa shape index (κ3) is 3.80. The van der Waals surface area contributed by atoms with Crippen molar-refractivity contribution in [1.82, 2.24) is 4.90 Å². The Bertz CT molecular complexity index is 512. The minimum atomic E-state index is -0.532. The number of likely N-dealkylation sites (tertiary alicyclic amines) is 1. The molecule has 0 spiro atoms. The van der Waals surface area contributed by atoms with E-state index in [1.54, 1.807) is 0 Å². The van der Waals surface area contributed by atoms with Gasteiger partial charge in [-0.1, -0.05) is 18.2 Å². The number of nitrogens with two attached hydrogens (primary N) is 1. The molecule has 22 heavy (non-hydrogen) atoms. The second kappa shape index (κ2) is 6.69. The SMILES string of the molecule is Cc1cccc(C)c1OCC(C)(C)C(=O)N1CCC(N)CC1. The van der Waals surface area contributed by atoms with E-state index in [0.717, 1.165) is 42.8 Å². The van der Waals surface area contributed by atoms with Crippen LogP contribution < -0.4 is 10.5 Å². The predicted octanol–water partition coefficient (Wildman–Crippen LogP) is 2.66. The zero-order valence-electron chi connectivity index (χ0n) is 14.2. The zero-order chi connectivity index (χ0) is 16.3. The van der Waals surface area contributed by atoms with Crippen LogP contribution in [-0.2, 0) is 4.79 Å². The summed E-state index contributed by atoms with van der Waals surface area (Å²) in [5, 5.41) is 0. The highest BCUT2D eigenvalue weighted by molar-refractivity contribution is 5.82. The molecule has 0 saturated carbocycles. The van der Waals surface area contributed by atoms with E-state index in [2.05, 4.69) is 0 Å². The Morgan fingerprint density at radius 2 is 1.82 bits per heavy atom. The van der Waals surface area contributed by atoms with Crippen molar-refractivity contribution < 1.29 is 9.53 Å².